The van der Waals surface area contributed by atoms with E-state index in [0.29, 0.717) is 16.9 Å². The minimum Gasteiger partial charge on any atom is -0.486 e. The molecule has 0 aliphatic heterocycles. The molecule has 0 fully saturated rings. The van der Waals surface area contributed by atoms with E-state index in [1.54, 1.807) is 33.5 Å². The molecule has 1 aromatic rings. The summed E-state index contributed by atoms with van der Waals surface area (Å²) in [6, 6.07) is 7.01. The van der Waals surface area contributed by atoms with Gasteiger partial charge in [0.25, 0.3) is 0 Å². The van der Waals surface area contributed by atoms with Gasteiger partial charge >= 0.3 is 0 Å². The Morgan fingerprint density at radius 3 is 2.92 bits per heavy atom. The molecule has 0 heterocycles. The van der Waals surface area contributed by atoms with Crippen LogP contribution in [0.2, 0.25) is 5.02 Å². The number of ether oxygens (including phenoxy) is 1. The summed E-state index contributed by atoms with van der Waals surface area (Å²) >= 11 is 5.73. The SMILES string of the molecule is O=C(C[PH3+])COc1cccc(Cl)c1. The Balaban J connectivity index is 2.50. The van der Waals surface area contributed by atoms with E-state index in [4.69, 9.17) is 16.3 Å². The highest BCUT2D eigenvalue weighted by atomic mass is 35.5. The molecule has 0 N–H and O–H groups in total. The summed E-state index contributed by atoms with van der Waals surface area (Å²) in [5, 5.41) is 0.614. The van der Waals surface area contributed by atoms with Crippen LogP contribution in [0.4, 0.5) is 0 Å². The standard InChI is InChI=1S/C9H10ClO2P/c10-7-2-1-3-9(4-7)12-5-8(11)6-13/h1-4H,5-6,13H2/p+1. The Hall–Kier alpha value is -0.590. The molecule has 13 heavy (non-hydrogen) atoms. The van der Waals surface area contributed by atoms with E-state index in [-0.39, 0.29) is 12.4 Å². The predicted molar refractivity (Wildman–Crippen MR) is 57.9 cm³/mol. The van der Waals surface area contributed by atoms with Crippen LogP contribution in [0.3, 0.4) is 0 Å². The highest BCUT2D eigenvalue weighted by Crippen LogP contribution is 2.16. The number of benzene rings is 1. The van der Waals surface area contributed by atoms with Gasteiger partial charge < -0.3 is 4.74 Å². The van der Waals surface area contributed by atoms with Crippen molar-refractivity contribution in [1.82, 2.24) is 0 Å². The van der Waals surface area contributed by atoms with Gasteiger partial charge in [0.05, 0.1) is 0 Å². The third kappa shape index (κ3) is 3.75. The van der Waals surface area contributed by atoms with Crippen LogP contribution in [0, 0.1) is 0 Å². The molecule has 0 saturated heterocycles. The van der Waals surface area contributed by atoms with Crippen LogP contribution in [-0.2, 0) is 4.79 Å². The minimum absolute atomic E-state index is 0.0957. The normalized spacial score (nSPS) is 9.92. The van der Waals surface area contributed by atoms with E-state index in [1.807, 2.05) is 0 Å². The zero-order valence-electron chi connectivity index (χ0n) is 7.13. The molecule has 0 aliphatic rings. The van der Waals surface area contributed by atoms with Crippen molar-refractivity contribution >= 4 is 26.6 Å². The predicted octanol–water partition coefficient (Wildman–Crippen LogP) is 1.90. The highest BCUT2D eigenvalue weighted by molar-refractivity contribution is 7.18. The van der Waals surface area contributed by atoms with Gasteiger partial charge in [-0.25, -0.2) is 0 Å². The number of hydrogen-bond donors (Lipinski definition) is 0. The van der Waals surface area contributed by atoms with E-state index < -0.39 is 0 Å². The monoisotopic (exact) mass is 217 g/mol. The second-order valence-corrected chi connectivity index (χ2v) is 3.47. The maximum absolute atomic E-state index is 10.9. The van der Waals surface area contributed by atoms with Gasteiger partial charge in [-0.2, -0.15) is 0 Å². The highest BCUT2D eigenvalue weighted by Gasteiger charge is 2.01. The van der Waals surface area contributed by atoms with Crippen molar-refractivity contribution in [3.63, 3.8) is 0 Å². The molecule has 0 radical (unpaired) electrons. The van der Waals surface area contributed by atoms with Gasteiger partial charge in [-0.05, 0) is 27.4 Å². The minimum atomic E-state index is 0.0957. The average molecular weight is 218 g/mol. The van der Waals surface area contributed by atoms with Gasteiger partial charge in [0, 0.05) is 5.02 Å². The Morgan fingerprint density at radius 2 is 2.31 bits per heavy atom. The smallest absolute Gasteiger partial charge is 0.206 e. The maximum Gasteiger partial charge on any atom is 0.206 e. The van der Waals surface area contributed by atoms with E-state index in [9.17, 15) is 4.79 Å². The van der Waals surface area contributed by atoms with Crippen molar-refractivity contribution in [3.8, 4) is 5.75 Å². The first kappa shape index (κ1) is 10.5. The molecular weight excluding hydrogens is 207 g/mol. The number of carbonyl (C=O) groups is 1. The molecular formula is C9H11ClO2P+. The zero-order valence-corrected chi connectivity index (χ0v) is 9.30. The molecule has 0 bridgehead atoms. The summed E-state index contributed by atoms with van der Waals surface area (Å²) in [5.74, 6) is 0.732. The number of hydrogen-bond acceptors (Lipinski definition) is 2. The van der Waals surface area contributed by atoms with Gasteiger partial charge in [0.15, 0.2) is 6.61 Å². The molecule has 1 aromatic carbocycles. The van der Waals surface area contributed by atoms with Crippen molar-refractivity contribution in [3.05, 3.63) is 29.3 Å². The molecule has 0 aromatic heterocycles. The molecule has 0 spiro atoms. The third-order valence-corrected chi connectivity index (χ3v) is 2.27. The first-order valence-corrected chi connectivity index (χ1v) is 5.29. The molecule has 2 nitrogen and oxygen atoms in total. The Bertz CT molecular complexity index is 301. The fourth-order valence-corrected chi connectivity index (χ4v) is 1.12. The van der Waals surface area contributed by atoms with Crippen LogP contribution in [0.1, 0.15) is 0 Å². The largest absolute Gasteiger partial charge is 0.486 e. The molecule has 0 aliphatic carbocycles. The lowest BCUT2D eigenvalue weighted by Gasteiger charge is -2.03. The summed E-state index contributed by atoms with van der Waals surface area (Å²) in [6.07, 6.45) is 0.528. The number of halogens is 1. The lowest BCUT2D eigenvalue weighted by Crippen LogP contribution is -2.11. The van der Waals surface area contributed by atoms with E-state index in [0.717, 1.165) is 0 Å². The van der Waals surface area contributed by atoms with Gasteiger partial charge in [0.2, 0.25) is 5.78 Å². The molecule has 0 amide bonds. The number of ketones is 1. The Kier molecular flexibility index (Phi) is 4.20. The van der Waals surface area contributed by atoms with Crippen molar-refractivity contribution in [2.75, 3.05) is 12.8 Å². The average Bonchev–Trinajstić information content (AvgIpc) is 2.14. The van der Waals surface area contributed by atoms with Gasteiger partial charge in [-0.1, -0.05) is 17.7 Å². The second kappa shape index (κ2) is 5.21. The van der Waals surface area contributed by atoms with Crippen LogP contribution in [0.5, 0.6) is 5.75 Å². The van der Waals surface area contributed by atoms with Crippen LogP contribution >= 0.6 is 20.8 Å². The quantitative estimate of drug-likeness (QED) is 0.720. The van der Waals surface area contributed by atoms with Gasteiger partial charge in [-0.15, -0.1) is 0 Å². The van der Waals surface area contributed by atoms with Crippen LogP contribution in [-0.4, -0.2) is 18.6 Å². The van der Waals surface area contributed by atoms with Gasteiger partial charge in [-0.3, -0.25) is 4.79 Å². The summed E-state index contributed by atoms with van der Waals surface area (Å²) in [7, 11) is 1.63. The van der Waals surface area contributed by atoms with E-state index in [2.05, 4.69) is 0 Å². The van der Waals surface area contributed by atoms with Crippen molar-refractivity contribution in [1.29, 1.82) is 0 Å². The van der Waals surface area contributed by atoms with Crippen LogP contribution in [0.25, 0.3) is 0 Å². The third-order valence-electron chi connectivity index (χ3n) is 1.47. The first-order chi connectivity index (χ1) is 6.22. The second-order valence-electron chi connectivity index (χ2n) is 2.53. The molecule has 4 heteroatoms. The molecule has 1 rings (SSSR count). The summed E-state index contributed by atoms with van der Waals surface area (Å²) in [6.45, 7) is 0.129. The molecule has 0 saturated carbocycles. The van der Waals surface area contributed by atoms with Crippen LogP contribution in [0.15, 0.2) is 24.3 Å². The number of carbonyl (C=O) groups excluding carboxylic acids is 1. The first-order valence-electron chi connectivity index (χ1n) is 3.91. The Morgan fingerprint density at radius 1 is 1.54 bits per heavy atom. The van der Waals surface area contributed by atoms with E-state index in [1.165, 1.54) is 0 Å². The Labute approximate surface area is 84.4 Å². The molecule has 70 valence electrons. The summed E-state index contributed by atoms with van der Waals surface area (Å²) in [4.78, 5) is 10.9. The summed E-state index contributed by atoms with van der Waals surface area (Å²) < 4.78 is 5.21. The maximum atomic E-state index is 10.9. The fourth-order valence-electron chi connectivity index (χ4n) is 0.793. The zero-order chi connectivity index (χ0) is 9.68. The molecule has 1 unspecified atom stereocenters. The lowest BCUT2D eigenvalue weighted by atomic mass is 10.3. The summed E-state index contributed by atoms with van der Waals surface area (Å²) in [5.41, 5.74) is 0. The molecule has 1 atom stereocenters. The van der Waals surface area contributed by atoms with E-state index >= 15 is 0 Å². The number of Topliss-reactive ketones (excluding diaryl/α,β-unsaturated/α-hetero) is 1. The van der Waals surface area contributed by atoms with Crippen molar-refractivity contribution < 1.29 is 9.53 Å². The topological polar surface area (TPSA) is 26.3 Å². The van der Waals surface area contributed by atoms with Crippen LogP contribution < -0.4 is 4.74 Å². The number of rotatable bonds is 4. The van der Waals surface area contributed by atoms with Gasteiger partial charge in [0.1, 0.15) is 11.9 Å². The fraction of sp³-hybridized carbons (Fsp3) is 0.222. The van der Waals surface area contributed by atoms with Crippen molar-refractivity contribution in [2.24, 2.45) is 0 Å². The van der Waals surface area contributed by atoms with Crippen molar-refractivity contribution in [2.45, 2.75) is 0 Å². The lowest BCUT2D eigenvalue weighted by molar-refractivity contribution is -0.118.